The van der Waals surface area contributed by atoms with Crippen molar-refractivity contribution in [2.45, 2.75) is 0 Å². The van der Waals surface area contributed by atoms with Gasteiger partial charge in [-0.2, -0.15) is 9.61 Å². The summed E-state index contributed by atoms with van der Waals surface area (Å²) in [6.07, 6.45) is 3.59. The Morgan fingerprint density at radius 3 is 3.08 bits per heavy atom. The molecule has 0 aromatic carbocycles. The second-order valence-electron chi connectivity index (χ2n) is 2.09. The molecule has 2 aromatic heterocycles. The van der Waals surface area contributed by atoms with Crippen molar-refractivity contribution in [3.05, 3.63) is 22.7 Å². The third kappa shape index (κ3) is 1.00. The molecule has 0 atom stereocenters. The van der Waals surface area contributed by atoms with Crippen LogP contribution in [-0.2, 0) is 0 Å². The van der Waals surface area contributed by atoms with E-state index in [0.29, 0.717) is 16.7 Å². The molecule has 5 nitrogen and oxygen atoms in total. The predicted octanol–water partition coefficient (Wildman–Crippen LogP) is 0.699. The van der Waals surface area contributed by atoms with Gasteiger partial charge in [0, 0.05) is 0 Å². The lowest BCUT2D eigenvalue weighted by molar-refractivity contribution is 0.111. The maximum absolute atomic E-state index is 10.3. The number of hydrogen-bond acceptors (Lipinski definition) is 4. The van der Waals surface area contributed by atoms with Crippen LogP contribution in [0.5, 0.6) is 0 Å². The molecule has 0 fully saturated rings. The van der Waals surface area contributed by atoms with Gasteiger partial charge in [0.2, 0.25) is 0 Å². The SMILES string of the molecule is O=Cc1cnn2c(Br)cnc2n1. The third-order valence-electron chi connectivity index (χ3n) is 1.33. The molecule has 0 amide bonds. The number of aromatic nitrogens is 4. The molecule has 2 rings (SSSR count). The highest BCUT2D eigenvalue weighted by Gasteiger charge is 2.02. The zero-order chi connectivity index (χ0) is 8.55. The lowest BCUT2D eigenvalue weighted by atomic mass is 10.5. The lowest BCUT2D eigenvalue weighted by Crippen LogP contribution is -1.97. The molecule has 60 valence electrons. The summed E-state index contributed by atoms with van der Waals surface area (Å²) in [5, 5.41) is 3.93. The summed E-state index contributed by atoms with van der Waals surface area (Å²) in [6.45, 7) is 0. The topological polar surface area (TPSA) is 60.2 Å². The Morgan fingerprint density at radius 1 is 1.50 bits per heavy atom. The van der Waals surface area contributed by atoms with E-state index in [0.717, 1.165) is 0 Å². The molecule has 12 heavy (non-hydrogen) atoms. The van der Waals surface area contributed by atoms with Crippen molar-refractivity contribution < 1.29 is 4.79 Å². The highest BCUT2D eigenvalue weighted by atomic mass is 79.9. The van der Waals surface area contributed by atoms with Gasteiger partial charge in [-0.15, -0.1) is 0 Å². The molecule has 0 radical (unpaired) electrons. The Kier molecular flexibility index (Phi) is 1.61. The van der Waals surface area contributed by atoms with Crippen molar-refractivity contribution in [1.82, 2.24) is 19.6 Å². The molecule has 0 N–H and O–H groups in total. The summed E-state index contributed by atoms with van der Waals surface area (Å²) in [7, 11) is 0. The first-order valence-electron chi connectivity index (χ1n) is 3.13. The molecule has 0 aliphatic rings. The van der Waals surface area contributed by atoms with E-state index in [1.54, 1.807) is 6.20 Å². The van der Waals surface area contributed by atoms with Gasteiger partial charge in [0.1, 0.15) is 10.3 Å². The number of halogens is 1. The number of nitrogens with zero attached hydrogens (tertiary/aromatic N) is 4. The Balaban J connectivity index is 2.77. The van der Waals surface area contributed by atoms with E-state index in [4.69, 9.17) is 0 Å². The van der Waals surface area contributed by atoms with Crippen LogP contribution >= 0.6 is 15.9 Å². The smallest absolute Gasteiger partial charge is 0.252 e. The van der Waals surface area contributed by atoms with Crippen LogP contribution < -0.4 is 0 Å². The summed E-state index contributed by atoms with van der Waals surface area (Å²) in [4.78, 5) is 18.1. The average Bonchev–Trinajstić information content (AvgIpc) is 2.47. The number of rotatable bonds is 1. The minimum absolute atomic E-state index is 0.278. The van der Waals surface area contributed by atoms with Gasteiger partial charge in [-0.05, 0) is 15.9 Å². The predicted molar refractivity (Wildman–Crippen MR) is 43.9 cm³/mol. The van der Waals surface area contributed by atoms with Gasteiger partial charge in [-0.1, -0.05) is 0 Å². The van der Waals surface area contributed by atoms with Gasteiger partial charge in [0.15, 0.2) is 6.29 Å². The first kappa shape index (κ1) is 7.35. The highest BCUT2D eigenvalue weighted by Crippen LogP contribution is 2.08. The number of fused-ring (bicyclic) bond motifs is 1. The zero-order valence-electron chi connectivity index (χ0n) is 5.81. The summed E-state index contributed by atoms with van der Waals surface area (Å²) in [5.74, 6) is 0.409. The van der Waals surface area contributed by atoms with Gasteiger partial charge >= 0.3 is 0 Å². The van der Waals surface area contributed by atoms with Crippen molar-refractivity contribution in [3.63, 3.8) is 0 Å². The average molecular weight is 227 g/mol. The minimum atomic E-state index is 0.278. The fourth-order valence-electron chi connectivity index (χ4n) is 0.817. The number of aldehydes is 1. The first-order valence-corrected chi connectivity index (χ1v) is 3.92. The van der Waals surface area contributed by atoms with Crippen molar-refractivity contribution in [2.24, 2.45) is 0 Å². The van der Waals surface area contributed by atoms with E-state index in [9.17, 15) is 4.79 Å². The van der Waals surface area contributed by atoms with E-state index in [1.165, 1.54) is 10.7 Å². The van der Waals surface area contributed by atoms with E-state index < -0.39 is 0 Å². The molecule has 0 aliphatic heterocycles. The Morgan fingerprint density at radius 2 is 2.33 bits per heavy atom. The van der Waals surface area contributed by atoms with Crippen LogP contribution in [0.4, 0.5) is 0 Å². The van der Waals surface area contributed by atoms with Crippen molar-refractivity contribution in [2.75, 3.05) is 0 Å². The molecule has 0 saturated heterocycles. The maximum Gasteiger partial charge on any atom is 0.252 e. The Hall–Kier alpha value is -1.30. The zero-order valence-corrected chi connectivity index (χ0v) is 7.39. The molecule has 2 heterocycles. The maximum atomic E-state index is 10.3. The lowest BCUT2D eigenvalue weighted by Gasteiger charge is -1.91. The van der Waals surface area contributed by atoms with Crippen LogP contribution in [0.1, 0.15) is 10.5 Å². The van der Waals surface area contributed by atoms with Crippen LogP contribution in [-0.4, -0.2) is 25.9 Å². The van der Waals surface area contributed by atoms with Crippen LogP contribution in [0.15, 0.2) is 17.0 Å². The molecule has 0 unspecified atom stereocenters. The monoisotopic (exact) mass is 226 g/mol. The fourth-order valence-corrected chi connectivity index (χ4v) is 1.17. The second kappa shape index (κ2) is 2.63. The molecular weight excluding hydrogens is 224 g/mol. The normalized spacial score (nSPS) is 10.4. The molecule has 6 heteroatoms. The standard InChI is InChI=1S/C6H3BrN4O/c7-5-2-8-6-10-4(3-12)1-9-11(5)6/h1-3H. The molecule has 0 aliphatic carbocycles. The van der Waals surface area contributed by atoms with Gasteiger partial charge < -0.3 is 0 Å². The summed E-state index contributed by atoms with van der Waals surface area (Å²) >= 11 is 3.22. The Bertz CT molecular complexity index is 438. The van der Waals surface area contributed by atoms with E-state index in [2.05, 4.69) is 31.0 Å². The van der Waals surface area contributed by atoms with Gasteiger partial charge in [-0.3, -0.25) is 4.79 Å². The van der Waals surface area contributed by atoms with Crippen LogP contribution in [0, 0.1) is 0 Å². The summed E-state index contributed by atoms with van der Waals surface area (Å²) in [6, 6.07) is 0. The van der Waals surface area contributed by atoms with Gasteiger partial charge in [0.25, 0.3) is 5.78 Å². The van der Waals surface area contributed by atoms with Crippen molar-refractivity contribution in [1.29, 1.82) is 0 Å². The number of carbonyl (C=O) groups excluding carboxylic acids is 1. The Labute approximate surface area is 75.6 Å². The molecule has 2 aromatic rings. The van der Waals surface area contributed by atoms with E-state index >= 15 is 0 Å². The second-order valence-corrected chi connectivity index (χ2v) is 2.90. The number of carbonyl (C=O) groups is 1. The number of hydrogen-bond donors (Lipinski definition) is 0. The van der Waals surface area contributed by atoms with Crippen LogP contribution in [0.2, 0.25) is 0 Å². The molecule has 0 saturated carbocycles. The largest absolute Gasteiger partial charge is 0.296 e. The number of imidazole rings is 1. The van der Waals surface area contributed by atoms with E-state index in [-0.39, 0.29) is 5.69 Å². The van der Waals surface area contributed by atoms with Crippen LogP contribution in [0.3, 0.4) is 0 Å². The first-order chi connectivity index (χ1) is 5.81. The quantitative estimate of drug-likeness (QED) is 0.672. The summed E-state index contributed by atoms with van der Waals surface area (Å²) in [5.41, 5.74) is 0.278. The van der Waals surface area contributed by atoms with E-state index in [1.807, 2.05) is 0 Å². The molecule has 0 spiro atoms. The van der Waals surface area contributed by atoms with Gasteiger partial charge in [0.05, 0.1) is 12.4 Å². The van der Waals surface area contributed by atoms with Crippen LogP contribution in [0.25, 0.3) is 5.78 Å². The van der Waals surface area contributed by atoms with Crippen molar-refractivity contribution >= 4 is 28.0 Å². The summed E-state index contributed by atoms with van der Waals surface area (Å²) < 4.78 is 2.20. The third-order valence-corrected chi connectivity index (χ3v) is 1.87. The highest BCUT2D eigenvalue weighted by molar-refractivity contribution is 9.10. The minimum Gasteiger partial charge on any atom is -0.296 e. The molecule has 0 bridgehead atoms. The van der Waals surface area contributed by atoms with Crippen molar-refractivity contribution in [3.8, 4) is 0 Å². The molecular formula is C6H3BrN4O. The van der Waals surface area contributed by atoms with Gasteiger partial charge in [-0.25, -0.2) is 9.97 Å². The fraction of sp³-hybridized carbons (Fsp3) is 0.